The van der Waals surface area contributed by atoms with Crippen LogP contribution in [0.15, 0.2) is 23.1 Å². The summed E-state index contributed by atoms with van der Waals surface area (Å²) in [5, 5.41) is 0. The van der Waals surface area contributed by atoms with Crippen molar-refractivity contribution in [3.05, 3.63) is 18.2 Å². The molecule has 10 heteroatoms. The maximum absolute atomic E-state index is 13.2. The van der Waals surface area contributed by atoms with Crippen molar-refractivity contribution in [3.8, 4) is 11.5 Å². The molecule has 1 aromatic rings. The van der Waals surface area contributed by atoms with Crippen molar-refractivity contribution >= 4 is 21.8 Å². The Balaban J connectivity index is 1.71. The molecule has 2 fully saturated rings. The molecule has 2 heterocycles. The third-order valence-electron chi connectivity index (χ3n) is 5.94. The smallest absolute Gasteiger partial charge is 0.243 e. The van der Waals surface area contributed by atoms with Crippen molar-refractivity contribution in [2.75, 3.05) is 40.4 Å². The Bertz CT molecular complexity index is 896. The van der Waals surface area contributed by atoms with Gasteiger partial charge in [0.25, 0.3) is 0 Å². The van der Waals surface area contributed by atoms with Crippen molar-refractivity contribution in [1.82, 2.24) is 9.21 Å². The molecule has 1 atom stereocenters. The average molecular weight is 440 g/mol. The number of ether oxygens (including phenoxy) is 2. The van der Waals surface area contributed by atoms with Gasteiger partial charge in [-0.3, -0.25) is 9.59 Å². The fourth-order valence-electron chi connectivity index (χ4n) is 4.13. The molecule has 0 spiro atoms. The number of carbonyl (C=O) groups is 2. The topological polar surface area (TPSA) is 119 Å². The van der Waals surface area contributed by atoms with Crippen LogP contribution in [0.5, 0.6) is 11.5 Å². The summed E-state index contributed by atoms with van der Waals surface area (Å²) in [6, 6.07) is 4.48. The van der Waals surface area contributed by atoms with Gasteiger partial charge in [0.05, 0.1) is 25.0 Å². The Morgan fingerprint density at radius 2 is 1.67 bits per heavy atom. The summed E-state index contributed by atoms with van der Waals surface area (Å²) in [5.41, 5.74) is 5.36. The van der Waals surface area contributed by atoms with E-state index in [0.717, 1.165) is 0 Å². The highest BCUT2D eigenvalue weighted by Crippen LogP contribution is 2.32. The van der Waals surface area contributed by atoms with Crippen LogP contribution >= 0.6 is 0 Å². The van der Waals surface area contributed by atoms with Crippen LogP contribution in [0.4, 0.5) is 0 Å². The molecule has 30 heavy (non-hydrogen) atoms. The SMILES string of the molecule is COc1ccc(S(=O)(=O)N2CCC[C@@H](C(=O)N3CCC(C(N)=O)CC3)C2)cc1OC. The van der Waals surface area contributed by atoms with Crippen molar-refractivity contribution in [2.45, 2.75) is 30.6 Å². The fraction of sp³-hybridized carbons (Fsp3) is 0.600. The molecular weight excluding hydrogens is 410 g/mol. The standard InChI is InChI=1S/C20H29N3O6S/c1-28-17-6-5-16(12-18(17)29-2)30(26,27)23-9-3-4-15(13-23)20(25)22-10-7-14(8-11-22)19(21)24/h5-6,12,14-15H,3-4,7-11,13H2,1-2H3,(H2,21,24)/t15-/m1/s1. The van der Waals surface area contributed by atoms with Crippen LogP contribution in [0.25, 0.3) is 0 Å². The van der Waals surface area contributed by atoms with Crippen LogP contribution in [0.3, 0.4) is 0 Å². The Kier molecular flexibility index (Phi) is 6.87. The van der Waals surface area contributed by atoms with Gasteiger partial charge in [0.15, 0.2) is 11.5 Å². The van der Waals surface area contributed by atoms with Gasteiger partial charge in [-0.2, -0.15) is 4.31 Å². The number of piperidine rings is 2. The molecule has 1 aromatic carbocycles. The summed E-state index contributed by atoms with van der Waals surface area (Å²) in [6.07, 6.45) is 2.37. The maximum atomic E-state index is 13.2. The largest absolute Gasteiger partial charge is 0.493 e. The number of hydrogen-bond acceptors (Lipinski definition) is 6. The van der Waals surface area contributed by atoms with Crippen LogP contribution in [0, 0.1) is 11.8 Å². The molecule has 0 aromatic heterocycles. The van der Waals surface area contributed by atoms with Gasteiger partial charge in [0, 0.05) is 38.2 Å². The van der Waals surface area contributed by atoms with E-state index in [1.807, 2.05) is 0 Å². The van der Waals surface area contributed by atoms with E-state index in [1.54, 1.807) is 11.0 Å². The van der Waals surface area contributed by atoms with Gasteiger partial charge < -0.3 is 20.1 Å². The molecule has 0 bridgehead atoms. The third-order valence-corrected chi connectivity index (χ3v) is 7.80. The summed E-state index contributed by atoms with van der Waals surface area (Å²) in [4.78, 5) is 26.1. The predicted octanol–water partition coefficient (Wildman–Crippen LogP) is 0.828. The first-order valence-corrected chi connectivity index (χ1v) is 11.5. The van der Waals surface area contributed by atoms with Gasteiger partial charge >= 0.3 is 0 Å². The van der Waals surface area contributed by atoms with Crippen molar-refractivity contribution < 1.29 is 27.5 Å². The lowest BCUT2D eigenvalue weighted by molar-refractivity contribution is -0.139. The number of primary amides is 1. The summed E-state index contributed by atoms with van der Waals surface area (Å²) >= 11 is 0. The third kappa shape index (κ3) is 4.54. The normalized spacial score (nSPS) is 21.3. The highest BCUT2D eigenvalue weighted by molar-refractivity contribution is 7.89. The van der Waals surface area contributed by atoms with E-state index in [2.05, 4.69) is 0 Å². The summed E-state index contributed by atoms with van der Waals surface area (Å²) in [7, 11) is -0.836. The molecule has 3 rings (SSSR count). The van der Waals surface area contributed by atoms with E-state index in [0.29, 0.717) is 56.8 Å². The zero-order valence-corrected chi connectivity index (χ0v) is 18.2. The summed E-state index contributed by atoms with van der Waals surface area (Å²) < 4.78 is 38.1. The highest BCUT2D eigenvalue weighted by Gasteiger charge is 2.36. The second-order valence-electron chi connectivity index (χ2n) is 7.72. The molecule has 0 saturated carbocycles. The fourth-order valence-corrected chi connectivity index (χ4v) is 5.67. The van der Waals surface area contributed by atoms with Gasteiger partial charge in [0.1, 0.15) is 0 Å². The number of amides is 2. The second-order valence-corrected chi connectivity index (χ2v) is 9.66. The highest BCUT2D eigenvalue weighted by atomic mass is 32.2. The van der Waals surface area contributed by atoms with E-state index in [9.17, 15) is 18.0 Å². The Morgan fingerprint density at radius 3 is 2.27 bits per heavy atom. The van der Waals surface area contributed by atoms with Crippen LogP contribution in [-0.2, 0) is 19.6 Å². The van der Waals surface area contributed by atoms with Gasteiger partial charge in [0.2, 0.25) is 21.8 Å². The van der Waals surface area contributed by atoms with E-state index in [-0.39, 0.29) is 29.2 Å². The monoisotopic (exact) mass is 439 g/mol. The van der Waals surface area contributed by atoms with Crippen LogP contribution < -0.4 is 15.2 Å². The van der Waals surface area contributed by atoms with E-state index < -0.39 is 15.9 Å². The summed E-state index contributed by atoms with van der Waals surface area (Å²) in [5.74, 6) is -0.179. The number of rotatable bonds is 6. The number of nitrogens with two attached hydrogens (primary N) is 1. The minimum atomic E-state index is -3.77. The molecule has 166 valence electrons. The Labute approximate surface area is 177 Å². The minimum absolute atomic E-state index is 0.0508. The molecule has 2 aliphatic rings. The van der Waals surface area contributed by atoms with E-state index in [1.165, 1.54) is 30.7 Å². The summed E-state index contributed by atoms with van der Waals surface area (Å²) in [6.45, 7) is 1.46. The van der Waals surface area contributed by atoms with Crippen LogP contribution in [0.1, 0.15) is 25.7 Å². The van der Waals surface area contributed by atoms with Crippen LogP contribution in [0.2, 0.25) is 0 Å². The number of methoxy groups -OCH3 is 2. The number of carbonyl (C=O) groups excluding carboxylic acids is 2. The Morgan fingerprint density at radius 1 is 1.00 bits per heavy atom. The average Bonchev–Trinajstić information content (AvgIpc) is 2.78. The quantitative estimate of drug-likeness (QED) is 0.701. The minimum Gasteiger partial charge on any atom is -0.493 e. The first-order valence-electron chi connectivity index (χ1n) is 10.1. The van der Waals surface area contributed by atoms with Gasteiger partial charge in [-0.15, -0.1) is 0 Å². The molecule has 0 unspecified atom stereocenters. The van der Waals surface area contributed by atoms with Crippen molar-refractivity contribution in [1.29, 1.82) is 0 Å². The van der Waals surface area contributed by atoms with E-state index in [4.69, 9.17) is 15.2 Å². The Hall–Kier alpha value is -2.33. The lowest BCUT2D eigenvalue weighted by atomic mass is 9.93. The van der Waals surface area contributed by atoms with Gasteiger partial charge in [-0.25, -0.2) is 8.42 Å². The molecule has 0 aliphatic carbocycles. The lowest BCUT2D eigenvalue weighted by Gasteiger charge is -2.37. The zero-order valence-electron chi connectivity index (χ0n) is 17.4. The molecule has 2 N–H and O–H groups in total. The molecule has 2 amide bonds. The number of likely N-dealkylation sites (tertiary alicyclic amines) is 1. The first-order chi connectivity index (χ1) is 14.3. The first kappa shape index (κ1) is 22.4. The zero-order chi connectivity index (χ0) is 21.9. The number of nitrogens with zero attached hydrogens (tertiary/aromatic N) is 2. The van der Waals surface area contributed by atoms with Gasteiger partial charge in [-0.05, 0) is 37.8 Å². The molecule has 9 nitrogen and oxygen atoms in total. The van der Waals surface area contributed by atoms with Crippen molar-refractivity contribution in [3.63, 3.8) is 0 Å². The number of sulfonamides is 1. The predicted molar refractivity (Wildman–Crippen MR) is 110 cm³/mol. The number of benzene rings is 1. The van der Waals surface area contributed by atoms with Crippen molar-refractivity contribution in [2.24, 2.45) is 17.6 Å². The lowest BCUT2D eigenvalue weighted by Crippen LogP contribution is -2.49. The maximum Gasteiger partial charge on any atom is 0.243 e. The van der Waals surface area contributed by atoms with E-state index >= 15 is 0 Å². The second kappa shape index (κ2) is 9.22. The molecule has 0 radical (unpaired) electrons. The van der Waals surface area contributed by atoms with Gasteiger partial charge in [-0.1, -0.05) is 0 Å². The van der Waals surface area contributed by atoms with Crippen LogP contribution in [-0.4, -0.2) is 69.8 Å². The molecule has 2 saturated heterocycles. The molecular formula is C20H29N3O6S. The molecule has 2 aliphatic heterocycles. The number of hydrogen-bond donors (Lipinski definition) is 1.